The fourth-order valence-corrected chi connectivity index (χ4v) is 7.14. The number of hydrogen-bond acceptors (Lipinski definition) is 13. The normalized spacial score (nSPS) is 17.2. The number of nitrogens with two attached hydrogens (primary N) is 2. The maximum Gasteiger partial charge on any atom is 0.245 e. The van der Waals surface area contributed by atoms with Crippen LogP contribution < -0.4 is 54.0 Å². The number of nitrogens with zero attached hydrogens (tertiary/aromatic N) is 3. The first kappa shape index (κ1) is 60.9. The van der Waals surface area contributed by atoms with Gasteiger partial charge >= 0.3 is 0 Å². The van der Waals surface area contributed by atoms with Gasteiger partial charge in [-0.3, -0.25) is 52.9 Å². The van der Waals surface area contributed by atoms with Gasteiger partial charge in [0, 0.05) is 33.6 Å². The maximum absolute atomic E-state index is 14.0. The Balaban J connectivity index is 3.25. The fourth-order valence-electron chi connectivity index (χ4n) is 7.14. The zero-order valence-electron chi connectivity index (χ0n) is 41.8. The summed E-state index contributed by atoms with van der Waals surface area (Å²) in [5, 5.41) is 41.3. The van der Waals surface area contributed by atoms with Gasteiger partial charge in [0.05, 0.1) is 25.8 Å². The van der Waals surface area contributed by atoms with Gasteiger partial charge in [-0.25, -0.2) is 0 Å². The number of guanidine groups is 1. The molecule has 1 aliphatic heterocycles. The van der Waals surface area contributed by atoms with Crippen LogP contribution in [0.3, 0.4) is 0 Å². The van der Waals surface area contributed by atoms with Gasteiger partial charge in [-0.15, -0.1) is 0 Å². The van der Waals surface area contributed by atoms with Crippen molar-refractivity contribution in [2.45, 2.75) is 149 Å². The van der Waals surface area contributed by atoms with Gasteiger partial charge in [0.2, 0.25) is 59.1 Å². The van der Waals surface area contributed by atoms with E-state index in [0.29, 0.717) is 32.2 Å². The number of aliphatic imine (C=N–C) groups is 1. The minimum Gasteiger partial charge on any atom is -0.394 e. The number of aliphatic hydroxyl groups excluding tert-OH is 2. The number of likely N-dealkylation sites (N-methyl/N-ethyl adjacent to an activating group) is 2. The molecule has 25 heteroatoms. The minimum absolute atomic E-state index is 0.0728. The lowest BCUT2D eigenvalue weighted by Gasteiger charge is -2.31. The van der Waals surface area contributed by atoms with Crippen LogP contribution >= 0.6 is 0 Å². The van der Waals surface area contributed by atoms with Gasteiger partial charge in [0.1, 0.15) is 42.3 Å². The molecule has 0 aromatic carbocycles. The van der Waals surface area contributed by atoms with Crippen molar-refractivity contribution in [3.63, 3.8) is 0 Å². The molecule has 0 unspecified atom stereocenters. The van der Waals surface area contributed by atoms with Crippen LogP contribution in [0, 0.1) is 17.8 Å². The summed E-state index contributed by atoms with van der Waals surface area (Å²) in [6.07, 6.45) is 0.450. The molecule has 0 bridgehead atoms. The van der Waals surface area contributed by atoms with Gasteiger partial charge in [0.25, 0.3) is 0 Å². The first-order chi connectivity index (χ1) is 32.3. The lowest BCUT2D eigenvalue weighted by atomic mass is 9.96. The van der Waals surface area contributed by atoms with Crippen LogP contribution in [0.4, 0.5) is 0 Å². The first-order valence-electron chi connectivity index (χ1n) is 23.6. The molecule has 69 heavy (non-hydrogen) atoms. The van der Waals surface area contributed by atoms with E-state index in [1.54, 1.807) is 48.5 Å². The van der Waals surface area contributed by atoms with E-state index in [-0.39, 0.29) is 50.2 Å². The molecule has 1 heterocycles. The van der Waals surface area contributed by atoms with Gasteiger partial charge < -0.3 is 74.0 Å². The van der Waals surface area contributed by atoms with Crippen molar-refractivity contribution in [1.29, 1.82) is 0 Å². The number of carbonyl (C=O) groups excluding carboxylic acids is 10. The highest BCUT2D eigenvalue weighted by Crippen LogP contribution is 2.20. The Morgan fingerprint density at radius 1 is 0.710 bits per heavy atom. The molecular weight excluding hydrogens is 903 g/mol. The van der Waals surface area contributed by atoms with Gasteiger partial charge in [-0.1, -0.05) is 54.4 Å². The third-order valence-corrected chi connectivity index (χ3v) is 11.8. The molecule has 1 aliphatic rings. The number of carbonyl (C=O) groups is 10. The van der Waals surface area contributed by atoms with E-state index in [9.17, 15) is 58.2 Å². The van der Waals surface area contributed by atoms with Crippen molar-refractivity contribution < 1.29 is 58.2 Å². The third-order valence-electron chi connectivity index (χ3n) is 11.8. The largest absolute Gasteiger partial charge is 0.394 e. The molecule has 0 aromatic rings. The molecule has 1 fully saturated rings. The van der Waals surface area contributed by atoms with E-state index in [4.69, 9.17) is 11.5 Å². The summed E-state index contributed by atoms with van der Waals surface area (Å²) in [5.74, 6) is -8.86. The van der Waals surface area contributed by atoms with Crippen molar-refractivity contribution in [3.05, 3.63) is 0 Å². The summed E-state index contributed by atoms with van der Waals surface area (Å²) in [6, 6.07) is -9.15. The third kappa shape index (κ3) is 20.2. The molecule has 0 aromatic heterocycles. The average molecular weight is 982 g/mol. The Morgan fingerprint density at radius 2 is 1.23 bits per heavy atom. The van der Waals surface area contributed by atoms with Crippen molar-refractivity contribution in [1.82, 2.24) is 52.3 Å². The number of rotatable bonds is 29. The topological polar surface area (TPSA) is 378 Å². The van der Waals surface area contributed by atoms with Gasteiger partial charge in [-0.05, 0) is 57.3 Å². The van der Waals surface area contributed by atoms with E-state index in [1.165, 1.54) is 25.8 Å². The second-order valence-corrected chi connectivity index (χ2v) is 17.7. The highest BCUT2D eigenvalue weighted by Gasteiger charge is 2.40. The lowest BCUT2D eigenvalue weighted by molar-refractivity contribution is -0.142. The van der Waals surface area contributed by atoms with E-state index in [0.717, 1.165) is 4.90 Å². The Hall–Kier alpha value is -6.11. The van der Waals surface area contributed by atoms with Crippen LogP contribution in [0.25, 0.3) is 0 Å². The van der Waals surface area contributed by atoms with E-state index < -0.39 is 127 Å². The summed E-state index contributed by atoms with van der Waals surface area (Å²) >= 11 is 0. The summed E-state index contributed by atoms with van der Waals surface area (Å²) < 4.78 is 0. The Morgan fingerprint density at radius 3 is 1.74 bits per heavy atom. The Bertz CT molecular complexity index is 1810. The fraction of sp³-hybridized carbons (Fsp3) is 0.750. The highest BCUT2D eigenvalue weighted by molar-refractivity contribution is 5.98. The molecule has 1 saturated heterocycles. The second kappa shape index (κ2) is 30.4. The summed E-state index contributed by atoms with van der Waals surface area (Å²) in [4.78, 5) is 139. The number of aliphatic hydroxyl groups is 2. The molecular formula is C44H79N13O12. The van der Waals surface area contributed by atoms with Crippen molar-refractivity contribution >= 4 is 65.0 Å². The second-order valence-electron chi connectivity index (χ2n) is 17.7. The monoisotopic (exact) mass is 982 g/mol. The molecule has 10 amide bonds. The van der Waals surface area contributed by atoms with Crippen molar-refractivity contribution in [2.24, 2.45) is 34.2 Å². The number of nitrogens with one attached hydrogen (secondary N) is 8. The Labute approximate surface area is 404 Å². The van der Waals surface area contributed by atoms with E-state index >= 15 is 0 Å². The smallest absolute Gasteiger partial charge is 0.245 e. The lowest BCUT2D eigenvalue weighted by Crippen LogP contribution is -2.63. The molecule has 0 spiro atoms. The van der Waals surface area contributed by atoms with Crippen LogP contribution in [0.1, 0.15) is 101 Å². The van der Waals surface area contributed by atoms with Crippen LogP contribution in [-0.4, -0.2) is 180 Å². The predicted molar refractivity (Wildman–Crippen MR) is 254 cm³/mol. The van der Waals surface area contributed by atoms with Gasteiger partial charge in [-0.2, -0.15) is 0 Å². The molecule has 25 nitrogen and oxygen atoms in total. The van der Waals surface area contributed by atoms with Crippen molar-refractivity contribution in [2.75, 3.05) is 46.4 Å². The van der Waals surface area contributed by atoms with E-state index in [2.05, 4.69) is 47.5 Å². The first-order valence-corrected chi connectivity index (χ1v) is 23.6. The summed E-state index contributed by atoms with van der Waals surface area (Å²) in [7, 11) is 1.41. The molecule has 392 valence electrons. The maximum atomic E-state index is 14.0. The number of likely N-dealkylation sites (tertiary alicyclic amines) is 1. The molecule has 0 aliphatic carbocycles. The Kier molecular flexibility index (Phi) is 26.8. The molecule has 10 atom stereocenters. The molecule has 0 radical (unpaired) electrons. The highest BCUT2D eigenvalue weighted by atomic mass is 16.3. The summed E-state index contributed by atoms with van der Waals surface area (Å²) in [6.45, 7) is 13.3. The SMILES string of the molecule is CCNC(=O)[C@@H]1CCCN1C(=O)[C@H](CCCN=C(N)N)NC(=O)[C@@H](NC(=O)[C@H](CO)NC(=O)[C@@H](NC(=O)[C@H](NC(=O)[C@@H](NC(=O)CNC(=O)CN(C)C(C)=O)C(C)C)[C@@H](C)CC)[C@H](C)O)[C@@H](C)CC. The zero-order chi connectivity index (χ0) is 52.7. The standard InChI is InChI=1S/C44H79N13O12/c1-11-24(6)34(40(66)50-28(16-14-18-48-44(45)46)43(69)57-19-15-17-30(57)38(64)47-13-3)53-37(63)29(22-58)51-42(68)36(26(8)59)55-41(67)35(25(7)12-2)54-39(65)33(23(4)5)52-31(61)20-49-32(62)21-56(10)27(9)60/h23-26,28-30,33-36,58-59H,11-22H2,1-10H3,(H,47,64)(H,49,62)(H,50,66)(H,51,68)(H,52,61)(H,53,63)(H,54,65)(H,55,67)(H4,45,46,48)/t24-,25-,26-,28-,29-,30-,33-,34-,35+,36-/m0/s1. The minimum atomic E-state index is -1.73. The quantitative estimate of drug-likeness (QED) is 0.0192. The van der Waals surface area contributed by atoms with Crippen LogP contribution in [0.5, 0.6) is 0 Å². The molecule has 1 rings (SSSR count). The molecule has 14 N–H and O–H groups in total. The van der Waals surface area contributed by atoms with Crippen LogP contribution in [0.15, 0.2) is 4.99 Å². The number of amides is 10. The van der Waals surface area contributed by atoms with Crippen LogP contribution in [0.2, 0.25) is 0 Å². The van der Waals surface area contributed by atoms with Crippen LogP contribution in [-0.2, 0) is 47.9 Å². The summed E-state index contributed by atoms with van der Waals surface area (Å²) in [5.41, 5.74) is 10.9. The van der Waals surface area contributed by atoms with Gasteiger partial charge in [0.15, 0.2) is 5.96 Å². The zero-order valence-corrected chi connectivity index (χ0v) is 41.8. The average Bonchev–Trinajstić information content (AvgIpc) is 3.79. The van der Waals surface area contributed by atoms with Crippen molar-refractivity contribution in [3.8, 4) is 0 Å². The van der Waals surface area contributed by atoms with E-state index in [1.807, 2.05) is 0 Å². The number of hydrogen-bond donors (Lipinski definition) is 12. The molecule has 0 saturated carbocycles. The predicted octanol–water partition coefficient (Wildman–Crippen LogP) is -4.21.